The van der Waals surface area contributed by atoms with E-state index in [1.165, 1.54) is 23.5 Å². The first-order valence-electron chi connectivity index (χ1n) is 4.78. The molecular weight excluding hydrogens is 227 g/mol. The number of fused-ring (bicyclic) bond motifs is 3. The Hall–Kier alpha value is -1.68. The second kappa shape index (κ2) is 3.15. The van der Waals surface area contributed by atoms with Gasteiger partial charge in [-0.3, -0.25) is 4.79 Å². The van der Waals surface area contributed by atoms with Crippen LogP contribution in [-0.2, 0) is 4.79 Å². The second-order valence-corrected chi connectivity index (χ2v) is 4.65. The summed E-state index contributed by atoms with van der Waals surface area (Å²) >= 11 is 1.41. The Morgan fingerprint density at radius 3 is 2.88 bits per heavy atom. The molecular formula is C12H7FO2S. The lowest BCUT2D eigenvalue weighted by molar-refractivity contribution is -0.137. The van der Waals surface area contributed by atoms with Gasteiger partial charge >= 0.3 is 5.97 Å². The van der Waals surface area contributed by atoms with Gasteiger partial charge in [0.05, 0.1) is 0 Å². The van der Waals surface area contributed by atoms with E-state index in [0.717, 1.165) is 16.0 Å². The van der Waals surface area contributed by atoms with Crippen LogP contribution in [0.15, 0.2) is 29.6 Å². The van der Waals surface area contributed by atoms with Crippen molar-refractivity contribution in [2.75, 3.05) is 0 Å². The summed E-state index contributed by atoms with van der Waals surface area (Å²) in [5.74, 6) is -2.02. The van der Waals surface area contributed by atoms with Crippen molar-refractivity contribution in [2.45, 2.75) is 5.92 Å². The maximum absolute atomic E-state index is 13.1. The van der Waals surface area contributed by atoms with Crippen LogP contribution in [0.25, 0.3) is 11.1 Å². The number of rotatable bonds is 1. The van der Waals surface area contributed by atoms with Gasteiger partial charge in [0.25, 0.3) is 0 Å². The molecule has 4 heteroatoms. The van der Waals surface area contributed by atoms with Crippen LogP contribution < -0.4 is 0 Å². The van der Waals surface area contributed by atoms with Crippen LogP contribution in [0.2, 0.25) is 0 Å². The Morgan fingerprint density at radius 2 is 2.12 bits per heavy atom. The first-order valence-corrected chi connectivity index (χ1v) is 5.66. The predicted molar refractivity (Wildman–Crippen MR) is 59.2 cm³/mol. The number of carbonyl (C=O) groups is 1. The van der Waals surface area contributed by atoms with E-state index in [4.69, 9.17) is 0 Å². The second-order valence-electron chi connectivity index (χ2n) is 3.70. The maximum Gasteiger partial charge on any atom is 0.316 e. The van der Waals surface area contributed by atoms with Crippen LogP contribution in [0.5, 0.6) is 0 Å². The number of hydrogen-bond acceptors (Lipinski definition) is 2. The van der Waals surface area contributed by atoms with E-state index in [2.05, 4.69) is 0 Å². The molecule has 80 valence electrons. The van der Waals surface area contributed by atoms with E-state index in [1.807, 2.05) is 11.4 Å². The smallest absolute Gasteiger partial charge is 0.316 e. The summed E-state index contributed by atoms with van der Waals surface area (Å²) in [6.45, 7) is 0. The molecule has 0 fully saturated rings. The van der Waals surface area contributed by atoms with Crippen molar-refractivity contribution in [1.82, 2.24) is 0 Å². The highest BCUT2D eigenvalue weighted by Crippen LogP contribution is 2.47. The Morgan fingerprint density at radius 1 is 1.31 bits per heavy atom. The lowest BCUT2D eigenvalue weighted by Crippen LogP contribution is -2.09. The third kappa shape index (κ3) is 1.13. The van der Waals surface area contributed by atoms with E-state index in [-0.39, 0.29) is 5.82 Å². The van der Waals surface area contributed by atoms with Gasteiger partial charge < -0.3 is 5.11 Å². The summed E-state index contributed by atoms with van der Waals surface area (Å²) in [4.78, 5) is 12.0. The monoisotopic (exact) mass is 234 g/mol. The van der Waals surface area contributed by atoms with E-state index < -0.39 is 11.9 Å². The number of hydrogen-bond donors (Lipinski definition) is 1. The fourth-order valence-corrected chi connectivity index (χ4v) is 3.19. The third-order valence-corrected chi connectivity index (χ3v) is 3.80. The number of aliphatic carboxylic acids is 1. The lowest BCUT2D eigenvalue weighted by Gasteiger charge is -2.06. The Balaban J connectivity index is 2.32. The van der Waals surface area contributed by atoms with Gasteiger partial charge in [-0.05, 0) is 40.3 Å². The molecule has 0 aliphatic heterocycles. The Labute approximate surface area is 95.0 Å². The molecule has 1 unspecified atom stereocenters. The third-order valence-electron chi connectivity index (χ3n) is 2.82. The molecule has 2 aromatic rings. The summed E-state index contributed by atoms with van der Waals surface area (Å²) < 4.78 is 13.1. The molecule has 1 aliphatic rings. The van der Waals surface area contributed by atoms with Crippen molar-refractivity contribution in [3.63, 3.8) is 0 Å². The molecule has 1 heterocycles. The van der Waals surface area contributed by atoms with Gasteiger partial charge in [0.2, 0.25) is 0 Å². The van der Waals surface area contributed by atoms with Crippen molar-refractivity contribution < 1.29 is 14.3 Å². The van der Waals surface area contributed by atoms with E-state index >= 15 is 0 Å². The van der Waals surface area contributed by atoms with E-state index in [0.29, 0.717) is 5.56 Å². The fraction of sp³-hybridized carbons (Fsp3) is 0.0833. The molecule has 0 saturated carbocycles. The van der Waals surface area contributed by atoms with Gasteiger partial charge in [-0.25, -0.2) is 4.39 Å². The summed E-state index contributed by atoms with van der Waals surface area (Å²) in [5, 5.41) is 11.1. The molecule has 0 spiro atoms. The van der Waals surface area contributed by atoms with Gasteiger partial charge in [0.1, 0.15) is 11.7 Å². The van der Waals surface area contributed by atoms with Crippen LogP contribution in [0, 0.1) is 5.82 Å². The van der Waals surface area contributed by atoms with Gasteiger partial charge in [-0.2, -0.15) is 0 Å². The summed E-state index contributed by atoms with van der Waals surface area (Å²) in [7, 11) is 0. The average Bonchev–Trinajstić information content (AvgIpc) is 2.75. The van der Waals surface area contributed by atoms with Crippen molar-refractivity contribution in [3.8, 4) is 11.1 Å². The van der Waals surface area contributed by atoms with Crippen molar-refractivity contribution >= 4 is 17.3 Å². The standard InChI is InChI=1S/C12H7FO2S/c13-6-1-2-7-8-3-4-16-11(8)10(12(14)15)9(7)5-6/h1-5,10H,(H,14,15). The molecule has 16 heavy (non-hydrogen) atoms. The van der Waals surface area contributed by atoms with Gasteiger partial charge in [-0.1, -0.05) is 6.07 Å². The first kappa shape index (κ1) is 9.54. The quantitative estimate of drug-likeness (QED) is 0.823. The molecule has 0 amide bonds. The lowest BCUT2D eigenvalue weighted by atomic mass is 10.0. The van der Waals surface area contributed by atoms with Crippen molar-refractivity contribution in [2.24, 2.45) is 0 Å². The van der Waals surface area contributed by atoms with Gasteiger partial charge in [0, 0.05) is 4.88 Å². The van der Waals surface area contributed by atoms with Gasteiger partial charge in [-0.15, -0.1) is 11.3 Å². The number of halogens is 1. The number of carboxylic acids is 1. The van der Waals surface area contributed by atoms with Crippen molar-refractivity contribution in [3.05, 3.63) is 45.9 Å². The molecule has 3 rings (SSSR count). The summed E-state index contributed by atoms with van der Waals surface area (Å²) in [6, 6.07) is 6.23. The topological polar surface area (TPSA) is 37.3 Å². The normalized spacial score (nSPS) is 16.9. The molecule has 0 radical (unpaired) electrons. The number of benzene rings is 1. The van der Waals surface area contributed by atoms with Crippen molar-refractivity contribution in [1.29, 1.82) is 0 Å². The minimum Gasteiger partial charge on any atom is -0.481 e. The van der Waals surface area contributed by atoms with Crippen LogP contribution in [-0.4, -0.2) is 11.1 Å². The minimum atomic E-state index is -0.923. The highest BCUT2D eigenvalue weighted by molar-refractivity contribution is 7.10. The van der Waals surface area contributed by atoms with Crippen LogP contribution in [0.3, 0.4) is 0 Å². The molecule has 1 N–H and O–H groups in total. The molecule has 1 aromatic carbocycles. The van der Waals surface area contributed by atoms with E-state index in [1.54, 1.807) is 6.07 Å². The van der Waals surface area contributed by atoms with Crippen LogP contribution >= 0.6 is 11.3 Å². The largest absolute Gasteiger partial charge is 0.481 e. The fourth-order valence-electron chi connectivity index (χ4n) is 2.17. The zero-order chi connectivity index (χ0) is 11.3. The summed E-state index contributed by atoms with van der Waals surface area (Å²) in [6.07, 6.45) is 0. The Kier molecular flexibility index (Phi) is 1.88. The van der Waals surface area contributed by atoms with Gasteiger partial charge in [0.15, 0.2) is 0 Å². The zero-order valence-corrected chi connectivity index (χ0v) is 8.92. The molecule has 0 bridgehead atoms. The predicted octanol–water partition coefficient (Wildman–Crippen LogP) is 3.08. The summed E-state index contributed by atoms with van der Waals surface area (Å²) in [5.41, 5.74) is 2.33. The molecule has 2 nitrogen and oxygen atoms in total. The van der Waals surface area contributed by atoms with Crippen LogP contribution in [0.1, 0.15) is 16.4 Å². The molecule has 1 aromatic heterocycles. The first-order chi connectivity index (χ1) is 7.68. The maximum atomic E-state index is 13.1. The van der Waals surface area contributed by atoms with Crippen LogP contribution in [0.4, 0.5) is 4.39 Å². The SMILES string of the molecule is O=C(O)C1c2cc(F)ccc2-c2ccsc21. The average molecular weight is 234 g/mol. The number of carboxylic acid groups (broad SMARTS) is 1. The molecule has 1 atom stereocenters. The highest BCUT2D eigenvalue weighted by Gasteiger charge is 2.35. The minimum absolute atomic E-state index is 0.389. The zero-order valence-electron chi connectivity index (χ0n) is 8.11. The Bertz CT molecular complexity index is 588. The molecule has 1 aliphatic carbocycles. The number of thiophene rings is 1. The van der Waals surface area contributed by atoms with E-state index in [9.17, 15) is 14.3 Å². The molecule has 0 saturated heterocycles. The highest BCUT2D eigenvalue weighted by atomic mass is 32.1.